The van der Waals surface area contributed by atoms with Crippen LogP contribution in [0.25, 0.3) is 21.9 Å². The summed E-state index contributed by atoms with van der Waals surface area (Å²) in [6.07, 6.45) is 2.41. The maximum absolute atomic E-state index is 11.6. The number of carbonyl (C=O) groups excluding carboxylic acids is 1. The van der Waals surface area contributed by atoms with Crippen molar-refractivity contribution in [2.24, 2.45) is 0 Å². The summed E-state index contributed by atoms with van der Waals surface area (Å²) >= 11 is 0. The van der Waals surface area contributed by atoms with Crippen LogP contribution in [0.1, 0.15) is 0 Å². The highest BCUT2D eigenvalue weighted by Crippen LogP contribution is 2.25. The molecule has 4 aromatic rings. The van der Waals surface area contributed by atoms with Crippen molar-refractivity contribution in [1.29, 1.82) is 0 Å². The Morgan fingerprint density at radius 1 is 1.00 bits per heavy atom. The number of nitrogens with one attached hydrogen (secondary N) is 1. The third-order valence-corrected chi connectivity index (χ3v) is 3.56. The first-order chi connectivity index (χ1) is 10.8. The number of hydrogen-bond acceptors (Lipinski definition) is 3. The Labute approximate surface area is 126 Å². The lowest BCUT2D eigenvalue weighted by Gasteiger charge is -2.14. The fraction of sp³-hybridized carbons (Fsp3) is 0. The quantitative estimate of drug-likeness (QED) is 0.588. The summed E-state index contributed by atoms with van der Waals surface area (Å²) in [5.74, 6) is 0.480. The molecule has 1 N–H and O–H groups in total. The van der Waals surface area contributed by atoms with Gasteiger partial charge in [-0.15, -0.1) is 0 Å². The number of nitrogens with zero attached hydrogens (tertiary/aromatic N) is 3. The standard InChI is InChI=1S/C17H12N4O/c22-11-21(17-19-15-7-3-4-8-16(15)20-17)13-9-12-5-1-2-6-14(12)18-10-13/h1-11H,(H,19,20). The van der Waals surface area contributed by atoms with Gasteiger partial charge in [-0.1, -0.05) is 30.3 Å². The van der Waals surface area contributed by atoms with Crippen LogP contribution in [0.15, 0.2) is 60.8 Å². The molecular formula is C17H12N4O. The second-order valence-corrected chi connectivity index (χ2v) is 4.94. The van der Waals surface area contributed by atoms with E-state index in [0.29, 0.717) is 11.6 Å². The number of aromatic amines is 1. The van der Waals surface area contributed by atoms with Crippen LogP contribution < -0.4 is 4.90 Å². The predicted octanol–water partition coefficient (Wildman–Crippen LogP) is 3.41. The van der Waals surface area contributed by atoms with Crippen LogP contribution >= 0.6 is 0 Å². The highest BCUT2D eigenvalue weighted by Gasteiger charge is 2.13. The van der Waals surface area contributed by atoms with Gasteiger partial charge in [0.15, 0.2) is 0 Å². The number of H-pyrrole nitrogens is 1. The number of hydrogen-bond donors (Lipinski definition) is 1. The molecule has 0 saturated heterocycles. The van der Waals surface area contributed by atoms with E-state index in [1.807, 2.05) is 54.6 Å². The Balaban J connectivity index is 1.84. The summed E-state index contributed by atoms with van der Waals surface area (Å²) in [6, 6.07) is 17.4. The van der Waals surface area contributed by atoms with Gasteiger partial charge in [0.05, 0.1) is 28.4 Å². The van der Waals surface area contributed by atoms with E-state index in [0.717, 1.165) is 28.3 Å². The fourth-order valence-electron chi connectivity index (χ4n) is 2.48. The Morgan fingerprint density at radius 3 is 2.59 bits per heavy atom. The summed E-state index contributed by atoms with van der Waals surface area (Å²) < 4.78 is 0. The van der Waals surface area contributed by atoms with Gasteiger partial charge in [0.2, 0.25) is 12.4 Å². The van der Waals surface area contributed by atoms with Crippen molar-refractivity contribution in [3.63, 3.8) is 0 Å². The molecule has 2 aromatic carbocycles. The fourth-order valence-corrected chi connectivity index (χ4v) is 2.48. The molecule has 0 unspecified atom stereocenters. The number of amides is 1. The second-order valence-electron chi connectivity index (χ2n) is 4.94. The lowest BCUT2D eigenvalue weighted by molar-refractivity contribution is -0.106. The van der Waals surface area contributed by atoms with Gasteiger partial charge in [-0.2, -0.15) is 0 Å². The SMILES string of the molecule is O=CN(c1cnc2ccccc2c1)c1nc2ccccc2[nH]1. The van der Waals surface area contributed by atoms with Crippen molar-refractivity contribution >= 4 is 40.0 Å². The van der Waals surface area contributed by atoms with E-state index in [1.165, 1.54) is 4.90 Å². The van der Waals surface area contributed by atoms with E-state index >= 15 is 0 Å². The van der Waals surface area contributed by atoms with Gasteiger partial charge >= 0.3 is 0 Å². The van der Waals surface area contributed by atoms with Gasteiger partial charge in [-0.25, -0.2) is 4.98 Å². The van der Waals surface area contributed by atoms with Crippen LogP contribution in [0.4, 0.5) is 11.6 Å². The molecule has 2 aromatic heterocycles. The topological polar surface area (TPSA) is 61.9 Å². The molecule has 0 aliphatic heterocycles. The molecule has 0 atom stereocenters. The zero-order valence-corrected chi connectivity index (χ0v) is 11.6. The van der Waals surface area contributed by atoms with Crippen molar-refractivity contribution < 1.29 is 4.79 Å². The maximum atomic E-state index is 11.6. The Kier molecular flexibility index (Phi) is 2.83. The molecule has 0 radical (unpaired) electrons. The van der Waals surface area contributed by atoms with E-state index in [4.69, 9.17) is 0 Å². The molecule has 0 spiro atoms. The van der Waals surface area contributed by atoms with Crippen LogP contribution in [-0.2, 0) is 4.79 Å². The molecule has 4 rings (SSSR count). The normalized spacial score (nSPS) is 10.9. The monoisotopic (exact) mass is 288 g/mol. The van der Waals surface area contributed by atoms with Gasteiger partial charge < -0.3 is 4.98 Å². The zero-order valence-electron chi connectivity index (χ0n) is 11.6. The lowest BCUT2D eigenvalue weighted by atomic mass is 10.2. The van der Waals surface area contributed by atoms with Crippen molar-refractivity contribution in [1.82, 2.24) is 15.0 Å². The van der Waals surface area contributed by atoms with Gasteiger partial charge in [-0.05, 0) is 24.3 Å². The number of carbonyl (C=O) groups is 1. The number of para-hydroxylation sites is 3. The molecular weight excluding hydrogens is 276 g/mol. The van der Waals surface area contributed by atoms with E-state index in [2.05, 4.69) is 15.0 Å². The third kappa shape index (κ3) is 2.00. The minimum absolute atomic E-state index is 0.480. The summed E-state index contributed by atoms with van der Waals surface area (Å²) in [6.45, 7) is 0. The molecule has 0 bridgehead atoms. The number of rotatable bonds is 3. The minimum atomic E-state index is 0.480. The van der Waals surface area contributed by atoms with Gasteiger partial charge in [0.1, 0.15) is 0 Å². The first-order valence-corrected chi connectivity index (χ1v) is 6.89. The third-order valence-electron chi connectivity index (χ3n) is 3.56. The molecule has 22 heavy (non-hydrogen) atoms. The summed E-state index contributed by atoms with van der Waals surface area (Å²) in [4.78, 5) is 25.0. The minimum Gasteiger partial charge on any atom is -0.323 e. The van der Waals surface area contributed by atoms with Crippen molar-refractivity contribution in [3.05, 3.63) is 60.8 Å². The number of benzene rings is 2. The van der Waals surface area contributed by atoms with Crippen molar-refractivity contribution in [2.75, 3.05) is 4.90 Å². The summed E-state index contributed by atoms with van der Waals surface area (Å²) in [5.41, 5.74) is 3.27. The summed E-state index contributed by atoms with van der Waals surface area (Å²) in [7, 11) is 0. The molecule has 5 nitrogen and oxygen atoms in total. The molecule has 0 fully saturated rings. The van der Waals surface area contributed by atoms with Crippen LogP contribution in [0.2, 0.25) is 0 Å². The lowest BCUT2D eigenvalue weighted by Crippen LogP contribution is -2.15. The number of fused-ring (bicyclic) bond motifs is 2. The Hall–Kier alpha value is -3.21. The molecule has 106 valence electrons. The van der Waals surface area contributed by atoms with E-state index in [1.54, 1.807) is 6.20 Å². The van der Waals surface area contributed by atoms with E-state index < -0.39 is 0 Å². The Morgan fingerprint density at radius 2 is 1.77 bits per heavy atom. The highest BCUT2D eigenvalue weighted by atomic mass is 16.1. The van der Waals surface area contributed by atoms with E-state index in [-0.39, 0.29) is 0 Å². The molecule has 0 aliphatic rings. The Bertz CT molecular complexity index is 943. The maximum Gasteiger partial charge on any atom is 0.221 e. The first kappa shape index (κ1) is 12.5. The number of pyridine rings is 1. The zero-order chi connectivity index (χ0) is 14.9. The van der Waals surface area contributed by atoms with Crippen LogP contribution in [0, 0.1) is 0 Å². The number of anilines is 2. The van der Waals surface area contributed by atoms with Gasteiger partial charge in [-0.3, -0.25) is 14.7 Å². The van der Waals surface area contributed by atoms with Crippen molar-refractivity contribution in [2.45, 2.75) is 0 Å². The molecule has 5 heteroatoms. The van der Waals surface area contributed by atoms with Gasteiger partial charge in [0.25, 0.3) is 0 Å². The average molecular weight is 288 g/mol. The van der Waals surface area contributed by atoms with Crippen molar-refractivity contribution in [3.8, 4) is 0 Å². The number of imidazole rings is 1. The molecule has 0 saturated carbocycles. The van der Waals surface area contributed by atoms with Crippen LogP contribution in [-0.4, -0.2) is 21.4 Å². The first-order valence-electron chi connectivity index (χ1n) is 6.89. The summed E-state index contributed by atoms with van der Waals surface area (Å²) in [5, 5.41) is 0.975. The van der Waals surface area contributed by atoms with Crippen LogP contribution in [0.3, 0.4) is 0 Å². The van der Waals surface area contributed by atoms with Crippen LogP contribution in [0.5, 0.6) is 0 Å². The smallest absolute Gasteiger partial charge is 0.221 e. The second kappa shape index (κ2) is 4.96. The predicted molar refractivity (Wildman–Crippen MR) is 86.0 cm³/mol. The highest BCUT2D eigenvalue weighted by molar-refractivity contribution is 5.91. The molecule has 2 heterocycles. The largest absolute Gasteiger partial charge is 0.323 e. The average Bonchev–Trinajstić information content (AvgIpc) is 2.99. The number of aromatic nitrogens is 3. The van der Waals surface area contributed by atoms with E-state index in [9.17, 15) is 4.79 Å². The molecule has 1 amide bonds. The molecule has 0 aliphatic carbocycles. The van der Waals surface area contributed by atoms with Gasteiger partial charge in [0, 0.05) is 5.39 Å².